The molecule has 0 amide bonds. The smallest absolute Gasteiger partial charge is 0.303 e. The topological polar surface area (TPSA) is 62.2 Å². The van der Waals surface area contributed by atoms with Crippen molar-refractivity contribution in [2.45, 2.75) is 25.8 Å². The van der Waals surface area contributed by atoms with Crippen LogP contribution in [0.4, 0.5) is 0 Å². The number of carbonyl (C=O) groups is 1. The van der Waals surface area contributed by atoms with Crippen molar-refractivity contribution >= 4 is 5.97 Å². The Morgan fingerprint density at radius 3 is 3.00 bits per heavy atom. The molecule has 0 saturated heterocycles. The molecule has 2 N–H and O–H groups in total. The van der Waals surface area contributed by atoms with Crippen LogP contribution in [0.5, 0.6) is 0 Å². The molecular formula is C11H16N2O2. The Balaban J connectivity index is 2.00. The first-order valence-corrected chi connectivity index (χ1v) is 5.10. The predicted molar refractivity (Wildman–Crippen MR) is 57.4 cm³/mol. The summed E-state index contributed by atoms with van der Waals surface area (Å²) in [5.41, 5.74) is 1.15. The van der Waals surface area contributed by atoms with Gasteiger partial charge in [-0.15, -0.1) is 0 Å². The lowest BCUT2D eigenvalue weighted by Gasteiger charge is -2.03. The second-order valence-corrected chi connectivity index (χ2v) is 3.39. The summed E-state index contributed by atoms with van der Waals surface area (Å²) >= 11 is 0. The molecule has 0 radical (unpaired) electrons. The Morgan fingerprint density at radius 2 is 2.33 bits per heavy atom. The molecule has 1 rings (SSSR count). The summed E-state index contributed by atoms with van der Waals surface area (Å²) in [4.78, 5) is 14.2. The lowest BCUT2D eigenvalue weighted by molar-refractivity contribution is -0.137. The zero-order valence-corrected chi connectivity index (χ0v) is 8.65. The van der Waals surface area contributed by atoms with Crippen molar-refractivity contribution in [3.63, 3.8) is 0 Å². The van der Waals surface area contributed by atoms with Crippen molar-refractivity contribution in [2.75, 3.05) is 6.54 Å². The Bertz CT molecular complexity index is 288. The quantitative estimate of drug-likeness (QED) is 0.665. The number of carboxylic acids is 1. The average Bonchev–Trinajstić information content (AvgIpc) is 2.24. The molecule has 0 fully saturated rings. The SMILES string of the molecule is O=C(O)CCCCNCc1cccnc1. The van der Waals surface area contributed by atoms with Crippen LogP contribution in [0.15, 0.2) is 24.5 Å². The summed E-state index contributed by atoms with van der Waals surface area (Å²) in [5.74, 6) is -0.720. The fourth-order valence-corrected chi connectivity index (χ4v) is 1.26. The molecule has 0 atom stereocenters. The highest BCUT2D eigenvalue weighted by atomic mass is 16.4. The number of carboxylic acid groups (broad SMARTS) is 1. The molecule has 0 spiro atoms. The molecule has 4 nitrogen and oxygen atoms in total. The van der Waals surface area contributed by atoms with Crippen LogP contribution >= 0.6 is 0 Å². The van der Waals surface area contributed by atoms with E-state index in [-0.39, 0.29) is 6.42 Å². The van der Waals surface area contributed by atoms with Gasteiger partial charge in [0.15, 0.2) is 0 Å². The Kier molecular flexibility index (Phi) is 5.40. The number of rotatable bonds is 7. The molecule has 0 aliphatic rings. The molecule has 0 aromatic carbocycles. The summed E-state index contributed by atoms with van der Waals surface area (Å²) in [6.45, 7) is 1.64. The second kappa shape index (κ2) is 6.95. The molecular weight excluding hydrogens is 192 g/mol. The van der Waals surface area contributed by atoms with Crippen LogP contribution in [-0.2, 0) is 11.3 Å². The number of aliphatic carboxylic acids is 1. The molecule has 0 bridgehead atoms. The standard InChI is InChI=1S/C11H16N2O2/c14-11(15)5-1-2-6-12-8-10-4-3-7-13-9-10/h3-4,7,9,12H,1-2,5-6,8H2,(H,14,15). The summed E-state index contributed by atoms with van der Waals surface area (Å²) in [5, 5.41) is 11.7. The first kappa shape index (κ1) is 11.7. The fourth-order valence-electron chi connectivity index (χ4n) is 1.26. The van der Waals surface area contributed by atoms with Crippen LogP contribution in [0, 0.1) is 0 Å². The highest BCUT2D eigenvalue weighted by Crippen LogP contribution is 1.96. The van der Waals surface area contributed by atoms with Crippen LogP contribution in [-0.4, -0.2) is 22.6 Å². The summed E-state index contributed by atoms with van der Waals surface area (Å²) in [6, 6.07) is 3.92. The van der Waals surface area contributed by atoms with E-state index < -0.39 is 5.97 Å². The molecule has 1 aromatic rings. The van der Waals surface area contributed by atoms with Gasteiger partial charge in [0.2, 0.25) is 0 Å². The van der Waals surface area contributed by atoms with Gasteiger partial charge in [-0.3, -0.25) is 9.78 Å². The molecule has 82 valence electrons. The van der Waals surface area contributed by atoms with Crippen molar-refractivity contribution in [3.05, 3.63) is 30.1 Å². The third-order valence-electron chi connectivity index (χ3n) is 2.05. The Morgan fingerprint density at radius 1 is 1.47 bits per heavy atom. The molecule has 0 aliphatic heterocycles. The first-order valence-electron chi connectivity index (χ1n) is 5.10. The van der Waals surface area contributed by atoms with Gasteiger partial charge in [-0.25, -0.2) is 0 Å². The molecule has 0 saturated carbocycles. The Hall–Kier alpha value is -1.42. The van der Waals surface area contributed by atoms with Crippen LogP contribution in [0.25, 0.3) is 0 Å². The zero-order chi connectivity index (χ0) is 10.9. The predicted octanol–water partition coefficient (Wildman–Crippen LogP) is 1.43. The molecule has 1 heterocycles. The van der Waals surface area contributed by atoms with Crippen LogP contribution in [0.1, 0.15) is 24.8 Å². The number of pyridine rings is 1. The molecule has 1 aromatic heterocycles. The van der Waals surface area contributed by atoms with Crippen molar-refractivity contribution < 1.29 is 9.90 Å². The minimum Gasteiger partial charge on any atom is -0.481 e. The largest absolute Gasteiger partial charge is 0.481 e. The number of unbranched alkanes of at least 4 members (excludes halogenated alkanes) is 1. The van der Waals surface area contributed by atoms with E-state index in [1.54, 1.807) is 6.20 Å². The molecule has 4 heteroatoms. The van der Waals surface area contributed by atoms with Gasteiger partial charge in [-0.05, 0) is 31.0 Å². The van der Waals surface area contributed by atoms with Gasteiger partial charge in [-0.1, -0.05) is 6.07 Å². The normalized spacial score (nSPS) is 10.1. The van der Waals surface area contributed by atoms with Crippen LogP contribution in [0.2, 0.25) is 0 Å². The van der Waals surface area contributed by atoms with E-state index in [1.807, 2.05) is 18.3 Å². The van der Waals surface area contributed by atoms with Gasteiger partial charge >= 0.3 is 5.97 Å². The third kappa shape index (κ3) is 5.80. The maximum atomic E-state index is 10.2. The van der Waals surface area contributed by atoms with E-state index in [4.69, 9.17) is 5.11 Å². The van der Waals surface area contributed by atoms with Crippen molar-refractivity contribution in [3.8, 4) is 0 Å². The van der Waals surface area contributed by atoms with E-state index in [2.05, 4.69) is 10.3 Å². The molecule has 0 unspecified atom stereocenters. The molecule has 15 heavy (non-hydrogen) atoms. The van der Waals surface area contributed by atoms with E-state index in [0.717, 1.165) is 31.5 Å². The fraction of sp³-hybridized carbons (Fsp3) is 0.455. The van der Waals surface area contributed by atoms with Crippen molar-refractivity contribution in [1.82, 2.24) is 10.3 Å². The summed E-state index contributed by atoms with van der Waals surface area (Å²) in [7, 11) is 0. The average molecular weight is 208 g/mol. The number of aromatic nitrogens is 1. The number of nitrogens with one attached hydrogen (secondary N) is 1. The van der Waals surface area contributed by atoms with E-state index in [0.29, 0.717) is 0 Å². The van der Waals surface area contributed by atoms with Gasteiger partial charge in [0.1, 0.15) is 0 Å². The highest BCUT2D eigenvalue weighted by molar-refractivity contribution is 5.66. The Labute approximate surface area is 89.3 Å². The minimum absolute atomic E-state index is 0.259. The van der Waals surface area contributed by atoms with Gasteiger partial charge in [0.25, 0.3) is 0 Å². The number of hydrogen-bond acceptors (Lipinski definition) is 3. The first-order chi connectivity index (χ1) is 7.29. The van der Waals surface area contributed by atoms with E-state index >= 15 is 0 Å². The van der Waals surface area contributed by atoms with Gasteiger partial charge in [0, 0.05) is 25.4 Å². The minimum atomic E-state index is -0.720. The van der Waals surface area contributed by atoms with Crippen LogP contribution < -0.4 is 5.32 Å². The zero-order valence-electron chi connectivity index (χ0n) is 8.65. The van der Waals surface area contributed by atoms with Gasteiger partial charge in [0.05, 0.1) is 0 Å². The number of hydrogen-bond donors (Lipinski definition) is 2. The van der Waals surface area contributed by atoms with E-state index in [9.17, 15) is 4.79 Å². The third-order valence-corrected chi connectivity index (χ3v) is 2.05. The monoisotopic (exact) mass is 208 g/mol. The lowest BCUT2D eigenvalue weighted by Crippen LogP contribution is -2.15. The van der Waals surface area contributed by atoms with Crippen molar-refractivity contribution in [2.24, 2.45) is 0 Å². The van der Waals surface area contributed by atoms with Gasteiger partial charge < -0.3 is 10.4 Å². The lowest BCUT2D eigenvalue weighted by atomic mass is 10.2. The number of nitrogens with zero attached hydrogens (tertiary/aromatic N) is 1. The summed E-state index contributed by atoms with van der Waals surface area (Å²) in [6.07, 6.45) is 5.46. The highest BCUT2D eigenvalue weighted by Gasteiger charge is 1.96. The maximum Gasteiger partial charge on any atom is 0.303 e. The maximum absolute atomic E-state index is 10.2. The summed E-state index contributed by atoms with van der Waals surface area (Å²) < 4.78 is 0. The van der Waals surface area contributed by atoms with Gasteiger partial charge in [-0.2, -0.15) is 0 Å². The van der Waals surface area contributed by atoms with Crippen LogP contribution in [0.3, 0.4) is 0 Å². The molecule has 0 aliphatic carbocycles. The second-order valence-electron chi connectivity index (χ2n) is 3.39. The van der Waals surface area contributed by atoms with E-state index in [1.165, 1.54) is 0 Å². The van der Waals surface area contributed by atoms with Crippen molar-refractivity contribution in [1.29, 1.82) is 0 Å².